The zero-order valence-electron chi connectivity index (χ0n) is 13.7. The molecule has 1 aliphatic heterocycles. The van der Waals surface area contributed by atoms with Crippen molar-refractivity contribution >= 4 is 11.4 Å². The average Bonchev–Trinajstić information content (AvgIpc) is 3.18. The van der Waals surface area contributed by atoms with Gasteiger partial charge in [-0.15, -0.1) is 10.2 Å². The number of nitrogens with one attached hydrogen (secondary N) is 1. The third-order valence-electron chi connectivity index (χ3n) is 4.53. The second-order valence-corrected chi connectivity index (χ2v) is 6.19. The van der Waals surface area contributed by atoms with Crippen LogP contribution in [0.3, 0.4) is 0 Å². The Kier molecular flexibility index (Phi) is 3.53. The third kappa shape index (κ3) is 2.54. The summed E-state index contributed by atoms with van der Waals surface area (Å²) in [6, 6.07) is 3.78. The molecule has 0 aliphatic carbocycles. The van der Waals surface area contributed by atoms with E-state index in [9.17, 15) is 4.79 Å². The van der Waals surface area contributed by atoms with Crippen LogP contribution < -0.4 is 5.32 Å². The van der Waals surface area contributed by atoms with Crippen molar-refractivity contribution in [2.75, 3.05) is 7.05 Å². The fourth-order valence-electron chi connectivity index (χ4n) is 3.09. The van der Waals surface area contributed by atoms with Crippen LogP contribution in [0.25, 0.3) is 5.52 Å². The van der Waals surface area contributed by atoms with Gasteiger partial charge in [0.2, 0.25) is 5.91 Å². The Morgan fingerprint density at radius 1 is 1.38 bits per heavy atom. The van der Waals surface area contributed by atoms with Gasteiger partial charge in [-0.3, -0.25) is 9.69 Å². The Balaban J connectivity index is 1.45. The highest BCUT2D eigenvalue weighted by Gasteiger charge is 2.30. The second-order valence-electron chi connectivity index (χ2n) is 6.19. The van der Waals surface area contributed by atoms with Gasteiger partial charge in [0.25, 0.3) is 0 Å². The lowest BCUT2D eigenvalue weighted by atomic mass is 10.1. The highest BCUT2D eigenvalue weighted by Crippen LogP contribution is 2.16. The summed E-state index contributed by atoms with van der Waals surface area (Å²) < 4.78 is 3.96. The maximum atomic E-state index is 12.6. The van der Waals surface area contributed by atoms with Gasteiger partial charge in [-0.1, -0.05) is 6.07 Å². The third-order valence-corrected chi connectivity index (χ3v) is 4.53. The van der Waals surface area contributed by atoms with Gasteiger partial charge in [-0.05, 0) is 25.6 Å². The Morgan fingerprint density at radius 2 is 2.25 bits per heavy atom. The molecule has 1 aliphatic rings. The molecular formula is C16H19N7O. The van der Waals surface area contributed by atoms with Crippen LogP contribution in [0.5, 0.6) is 0 Å². The number of fused-ring (bicyclic) bond motifs is 2. The maximum Gasteiger partial charge on any atom is 0.239 e. The predicted octanol–water partition coefficient (Wildman–Crippen LogP) is 0.365. The molecule has 1 amide bonds. The van der Waals surface area contributed by atoms with Crippen LogP contribution in [0.2, 0.25) is 0 Å². The summed E-state index contributed by atoms with van der Waals surface area (Å²) in [6.45, 7) is 3.61. The average molecular weight is 325 g/mol. The summed E-state index contributed by atoms with van der Waals surface area (Å²) >= 11 is 0. The molecule has 0 aromatic carbocycles. The van der Waals surface area contributed by atoms with Gasteiger partial charge in [0, 0.05) is 12.7 Å². The zero-order valence-corrected chi connectivity index (χ0v) is 13.7. The van der Waals surface area contributed by atoms with E-state index < -0.39 is 0 Å². The molecule has 0 saturated heterocycles. The molecule has 0 spiro atoms. The number of carbonyl (C=O) groups is 1. The van der Waals surface area contributed by atoms with Crippen LogP contribution in [-0.2, 0) is 24.4 Å². The number of hydrogen-bond acceptors (Lipinski definition) is 5. The van der Waals surface area contributed by atoms with Crippen molar-refractivity contribution in [3.05, 3.63) is 48.1 Å². The van der Waals surface area contributed by atoms with Gasteiger partial charge in [0.1, 0.15) is 17.7 Å². The second kappa shape index (κ2) is 5.72. The Hall–Kier alpha value is -2.74. The quantitative estimate of drug-likeness (QED) is 0.752. The van der Waals surface area contributed by atoms with E-state index in [4.69, 9.17) is 0 Å². The Bertz CT molecular complexity index is 897. The van der Waals surface area contributed by atoms with Crippen molar-refractivity contribution < 1.29 is 4.79 Å². The van der Waals surface area contributed by atoms with Crippen molar-refractivity contribution in [2.45, 2.75) is 32.6 Å². The predicted molar refractivity (Wildman–Crippen MR) is 87.1 cm³/mol. The number of likely N-dealkylation sites (N-methyl/N-ethyl adjacent to an activating group) is 1. The number of rotatable bonds is 3. The van der Waals surface area contributed by atoms with Crippen LogP contribution in [0.4, 0.5) is 0 Å². The van der Waals surface area contributed by atoms with Gasteiger partial charge < -0.3 is 14.3 Å². The standard InChI is InChI=1S/C16H19N7O/c1-11-19-20-15-9-21(2)14(8-23(11)15)16(24)18-5-12-3-4-13-6-17-10-22(13)7-12/h3-4,6-7,10,14H,5,8-9H2,1-2H3,(H,18,24). The van der Waals surface area contributed by atoms with Crippen molar-refractivity contribution in [3.63, 3.8) is 0 Å². The molecule has 1 unspecified atom stereocenters. The monoisotopic (exact) mass is 325 g/mol. The van der Waals surface area contributed by atoms with E-state index in [-0.39, 0.29) is 11.9 Å². The number of carbonyl (C=O) groups excluding carboxylic acids is 1. The Labute approximate surface area is 139 Å². The molecule has 3 aromatic rings. The number of nitrogens with zero attached hydrogens (tertiary/aromatic N) is 6. The SMILES string of the molecule is Cc1nnc2n1CC(C(=O)NCc1ccc3cncn3c1)N(C)C2. The first-order valence-corrected chi connectivity index (χ1v) is 7.89. The lowest BCUT2D eigenvalue weighted by Gasteiger charge is -2.32. The zero-order chi connectivity index (χ0) is 16.7. The minimum absolute atomic E-state index is 0.0157. The first kappa shape index (κ1) is 14.8. The van der Waals surface area contributed by atoms with Crippen LogP contribution >= 0.6 is 0 Å². The molecule has 0 saturated carbocycles. The van der Waals surface area contributed by atoms with Gasteiger partial charge in [-0.25, -0.2) is 4.98 Å². The van der Waals surface area contributed by atoms with E-state index in [1.807, 2.05) is 46.2 Å². The molecule has 4 rings (SSSR count). The topological polar surface area (TPSA) is 80.3 Å². The summed E-state index contributed by atoms with van der Waals surface area (Å²) in [7, 11) is 1.94. The van der Waals surface area contributed by atoms with Gasteiger partial charge in [0.15, 0.2) is 0 Å². The molecule has 0 fully saturated rings. The van der Waals surface area contributed by atoms with Gasteiger partial charge in [-0.2, -0.15) is 0 Å². The molecule has 1 N–H and O–H groups in total. The summed E-state index contributed by atoms with van der Waals surface area (Å²) in [5, 5.41) is 11.3. The van der Waals surface area contributed by atoms with Crippen molar-refractivity contribution in [2.24, 2.45) is 0 Å². The molecular weight excluding hydrogens is 306 g/mol. The van der Waals surface area contributed by atoms with E-state index in [2.05, 4.69) is 20.5 Å². The lowest BCUT2D eigenvalue weighted by molar-refractivity contribution is -0.127. The molecule has 1 atom stereocenters. The molecule has 24 heavy (non-hydrogen) atoms. The molecule has 4 heterocycles. The number of aromatic nitrogens is 5. The number of hydrogen-bond donors (Lipinski definition) is 1. The van der Waals surface area contributed by atoms with Crippen molar-refractivity contribution in [1.82, 2.24) is 34.4 Å². The van der Waals surface area contributed by atoms with Crippen LogP contribution in [0.1, 0.15) is 17.2 Å². The van der Waals surface area contributed by atoms with Gasteiger partial charge in [0.05, 0.1) is 31.1 Å². The van der Waals surface area contributed by atoms with E-state index in [0.717, 1.165) is 22.7 Å². The largest absolute Gasteiger partial charge is 0.351 e. The number of amides is 1. The molecule has 8 heteroatoms. The minimum Gasteiger partial charge on any atom is -0.351 e. The van der Waals surface area contributed by atoms with E-state index in [1.54, 1.807) is 12.5 Å². The van der Waals surface area contributed by atoms with Crippen LogP contribution in [-0.4, -0.2) is 48.0 Å². The number of pyridine rings is 1. The fourth-order valence-corrected chi connectivity index (χ4v) is 3.09. The van der Waals surface area contributed by atoms with E-state index >= 15 is 0 Å². The maximum absolute atomic E-state index is 12.6. The van der Waals surface area contributed by atoms with E-state index in [0.29, 0.717) is 19.6 Å². The molecule has 124 valence electrons. The minimum atomic E-state index is -0.218. The summed E-state index contributed by atoms with van der Waals surface area (Å²) in [6.07, 6.45) is 5.54. The van der Waals surface area contributed by atoms with Crippen LogP contribution in [0, 0.1) is 6.92 Å². The van der Waals surface area contributed by atoms with Crippen LogP contribution in [0.15, 0.2) is 30.9 Å². The fraction of sp³-hybridized carbons (Fsp3) is 0.375. The number of imidazole rings is 1. The lowest BCUT2D eigenvalue weighted by Crippen LogP contribution is -2.50. The van der Waals surface area contributed by atoms with E-state index in [1.165, 1.54) is 0 Å². The molecule has 8 nitrogen and oxygen atoms in total. The number of aryl methyl sites for hydroxylation is 1. The van der Waals surface area contributed by atoms with Crippen molar-refractivity contribution in [3.8, 4) is 0 Å². The summed E-state index contributed by atoms with van der Waals surface area (Å²) in [5.41, 5.74) is 2.07. The van der Waals surface area contributed by atoms with Crippen molar-refractivity contribution in [1.29, 1.82) is 0 Å². The smallest absolute Gasteiger partial charge is 0.239 e. The first-order valence-electron chi connectivity index (χ1n) is 7.89. The summed E-state index contributed by atoms with van der Waals surface area (Å²) in [4.78, 5) is 18.7. The molecule has 0 radical (unpaired) electrons. The highest BCUT2D eigenvalue weighted by atomic mass is 16.2. The molecule has 0 bridgehead atoms. The molecule has 3 aromatic heterocycles. The first-order chi connectivity index (χ1) is 11.6. The highest BCUT2D eigenvalue weighted by molar-refractivity contribution is 5.81. The Morgan fingerprint density at radius 3 is 3.12 bits per heavy atom. The normalized spacial score (nSPS) is 17.8. The summed E-state index contributed by atoms with van der Waals surface area (Å²) in [5.74, 6) is 1.77. The van der Waals surface area contributed by atoms with Gasteiger partial charge >= 0.3 is 0 Å².